The Morgan fingerprint density at radius 2 is 2.00 bits per heavy atom. The van der Waals surface area contributed by atoms with Crippen molar-refractivity contribution in [3.05, 3.63) is 34.9 Å². The van der Waals surface area contributed by atoms with Gasteiger partial charge in [0.1, 0.15) is 0 Å². The van der Waals surface area contributed by atoms with Crippen molar-refractivity contribution in [2.45, 2.75) is 5.13 Å². The minimum atomic E-state index is -2.96. The van der Waals surface area contributed by atoms with Crippen LogP contribution in [0.1, 0.15) is 5.56 Å². The Balaban J connectivity index is 3.22. The van der Waals surface area contributed by atoms with Gasteiger partial charge in [0.15, 0.2) is 0 Å². The predicted molar refractivity (Wildman–Crippen MR) is 47.7 cm³/mol. The largest absolute Gasteiger partial charge is 0.478 e. The summed E-state index contributed by atoms with van der Waals surface area (Å²) in [6.45, 7) is 0. The zero-order valence-corrected chi connectivity index (χ0v) is 7.81. The van der Waals surface area contributed by atoms with Crippen molar-refractivity contribution in [3.63, 3.8) is 0 Å². The van der Waals surface area contributed by atoms with E-state index in [2.05, 4.69) is 0 Å². The lowest BCUT2D eigenvalue weighted by atomic mass is 10.1. The lowest BCUT2D eigenvalue weighted by molar-refractivity contribution is -0.145. The molecule has 0 saturated carbocycles. The quantitative estimate of drug-likeness (QED) is 0.782. The summed E-state index contributed by atoms with van der Waals surface area (Å²) in [5.74, 6) is -1.78. The van der Waals surface area contributed by atoms with Gasteiger partial charge in [-0.3, -0.25) is 0 Å². The number of carbonyl (C=O) groups is 1. The predicted octanol–water partition coefficient (Wildman–Crippen LogP) is 2.79. The topological polar surface area (TPSA) is 37.3 Å². The summed E-state index contributed by atoms with van der Waals surface area (Å²) < 4.78 is 13.3. The highest BCUT2D eigenvalue weighted by atomic mass is 35.5. The number of halogens is 3. The number of benzene rings is 1. The van der Waals surface area contributed by atoms with Gasteiger partial charge >= 0.3 is 11.1 Å². The molecule has 0 aliphatic carbocycles. The van der Waals surface area contributed by atoms with E-state index in [1.807, 2.05) is 0 Å². The first-order chi connectivity index (χ1) is 5.96. The highest BCUT2D eigenvalue weighted by molar-refractivity contribution is 6.36. The van der Waals surface area contributed by atoms with Crippen LogP contribution in [-0.2, 0) is 9.92 Å². The van der Waals surface area contributed by atoms with Gasteiger partial charge in [-0.1, -0.05) is 41.4 Å². The fraction of sp³-hybridized carbons (Fsp3) is 0.125. The van der Waals surface area contributed by atoms with Gasteiger partial charge in [-0.2, -0.15) is 0 Å². The van der Waals surface area contributed by atoms with Crippen LogP contribution < -0.4 is 0 Å². The molecule has 0 aliphatic heterocycles. The standard InChI is InChI=1S/C8H5Cl2FO2/c9-6-4-2-1-3-5(6)8(10,11)7(12)13/h1-4H,(H,12,13). The first-order valence-electron chi connectivity index (χ1n) is 3.32. The average molecular weight is 223 g/mol. The molecule has 1 rings (SSSR count). The zero-order chi connectivity index (χ0) is 10.1. The summed E-state index contributed by atoms with van der Waals surface area (Å²) in [4.78, 5) is 10.4. The maximum Gasteiger partial charge on any atom is 0.362 e. The van der Waals surface area contributed by atoms with Crippen molar-refractivity contribution in [1.29, 1.82) is 0 Å². The van der Waals surface area contributed by atoms with Crippen molar-refractivity contribution >= 4 is 29.2 Å². The third-order valence-corrected chi connectivity index (χ3v) is 2.18. The third-order valence-electron chi connectivity index (χ3n) is 1.48. The van der Waals surface area contributed by atoms with Crippen molar-refractivity contribution in [3.8, 4) is 0 Å². The molecule has 1 aromatic rings. The first-order valence-corrected chi connectivity index (χ1v) is 4.08. The Labute approximate surface area is 83.9 Å². The van der Waals surface area contributed by atoms with Crippen molar-refractivity contribution in [2.75, 3.05) is 0 Å². The number of rotatable bonds is 2. The van der Waals surface area contributed by atoms with Crippen molar-refractivity contribution in [1.82, 2.24) is 0 Å². The van der Waals surface area contributed by atoms with E-state index in [0.717, 1.165) is 0 Å². The Morgan fingerprint density at radius 1 is 1.46 bits per heavy atom. The van der Waals surface area contributed by atoms with Crippen molar-refractivity contribution < 1.29 is 14.3 Å². The molecule has 0 aliphatic rings. The molecule has 0 amide bonds. The van der Waals surface area contributed by atoms with Gasteiger partial charge in [-0.05, 0) is 6.07 Å². The highest BCUT2D eigenvalue weighted by Gasteiger charge is 2.39. The molecule has 0 spiro atoms. The summed E-state index contributed by atoms with van der Waals surface area (Å²) in [7, 11) is 0. The van der Waals surface area contributed by atoms with Crippen LogP contribution in [0.25, 0.3) is 0 Å². The molecule has 13 heavy (non-hydrogen) atoms. The molecule has 70 valence electrons. The molecule has 5 heteroatoms. The SMILES string of the molecule is O=C(O)C(F)(Cl)c1ccccc1Cl. The van der Waals surface area contributed by atoms with E-state index in [9.17, 15) is 9.18 Å². The lowest BCUT2D eigenvalue weighted by Crippen LogP contribution is -2.24. The highest BCUT2D eigenvalue weighted by Crippen LogP contribution is 2.35. The second-order valence-corrected chi connectivity index (χ2v) is 3.29. The minimum absolute atomic E-state index is 0.0117. The average Bonchev–Trinajstić information content (AvgIpc) is 2.04. The second-order valence-electron chi connectivity index (χ2n) is 2.36. The molecule has 1 N–H and O–H groups in total. The molecule has 1 unspecified atom stereocenters. The Bertz CT molecular complexity index is 339. The van der Waals surface area contributed by atoms with Crippen LogP contribution in [0.15, 0.2) is 24.3 Å². The van der Waals surface area contributed by atoms with Gasteiger partial charge in [0.2, 0.25) is 0 Å². The van der Waals surface area contributed by atoms with Crippen LogP contribution >= 0.6 is 23.2 Å². The molecular formula is C8H5Cl2FO2. The second kappa shape index (κ2) is 3.52. The summed E-state index contributed by atoms with van der Waals surface area (Å²) in [5.41, 5.74) is -0.258. The molecule has 0 bridgehead atoms. The minimum Gasteiger partial charge on any atom is -0.478 e. The Kier molecular flexibility index (Phi) is 2.78. The molecule has 0 fully saturated rings. The van der Waals surface area contributed by atoms with Gasteiger partial charge < -0.3 is 5.11 Å². The third kappa shape index (κ3) is 1.92. The van der Waals surface area contributed by atoms with Gasteiger partial charge in [-0.15, -0.1) is 0 Å². The monoisotopic (exact) mass is 222 g/mol. The van der Waals surface area contributed by atoms with E-state index in [0.29, 0.717) is 0 Å². The van der Waals surface area contributed by atoms with Crippen LogP contribution in [0.2, 0.25) is 5.02 Å². The molecule has 1 atom stereocenters. The first kappa shape index (κ1) is 10.3. The summed E-state index contributed by atoms with van der Waals surface area (Å²) in [6, 6.07) is 5.61. The van der Waals surface area contributed by atoms with Crippen LogP contribution in [0.5, 0.6) is 0 Å². The molecule has 0 saturated heterocycles. The fourth-order valence-electron chi connectivity index (χ4n) is 0.831. The number of aliphatic carboxylic acids is 1. The van der Waals surface area contributed by atoms with Crippen LogP contribution in [-0.4, -0.2) is 11.1 Å². The molecule has 0 heterocycles. The summed E-state index contributed by atoms with van der Waals surface area (Å²) in [6.07, 6.45) is 0. The van der Waals surface area contributed by atoms with Crippen LogP contribution in [0.4, 0.5) is 4.39 Å². The number of carboxylic acid groups (broad SMARTS) is 1. The Morgan fingerprint density at radius 3 is 2.46 bits per heavy atom. The van der Waals surface area contributed by atoms with E-state index in [4.69, 9.17) is 28.3 Å². The maximum atomic E-state index is 13.3. The summed E-state index contributed by atoms with van der Waals surface area (Å²) in [5, 5.41) is 5.48. The lowest BCUT2D eigenvalue weighted by Gasteiger charge is -2.13. The molecule has 0 radical (unpaired) electrons. The van der Waals surface area contributed by atoms with Gasteiger partial charge in [0.05, 0.1) is 0 Å². The number of carboxylic acids is 1. The van der Waals surface area contributed by atoms with Crippen LogP contribution in [0, 0.1) is 0 Å². The van der Waals surface area contributed by atoms with Crippen LogP contribution in [0.3, 0.4) is 0 Å². The normalized spacial score (nSPS) is 15.0. The van der Waals surface area contributed by atoms with Gasteiger partial charge in [-0.25, -0.2) is 9.18 Å². The molecule has 0 aromatic heterocycles. The van der Waals surface area contributed by atoms with Crippen molar-refractivity contribution in [2.24, 2.45) is 0 Å². The maximum absolute atomic E-state index is 13.3. The fourth-order valence-corrected chi connectivity index (χ4v) is 1.31. The van der Waals surface area contributed by atoms with Gasteiger partial charge in [0.25, 0.3) is 0 Å². The van der Waals surface area contributed by atoms with E-state index in [1.165, 1.54) is 18.2 Å². The number of hydrogen-bond donors (Lipinski definition) is 1. The van der Waals surface area contributed by atoms with E-state index < -0.39 is 11.1 Å². The molecular weight excluding hydrogens is 218 g/mol. The van der Waals surface area contributed by atoms with E-state index in [-0.39, 0.29) is 10.6 Å². The van der Waals surface area contributed by atoms with Gasteiger partial charge in [0, 0.05) is 10.6 Å². The molecule has 1 aromatic carbocycles. The number of alkyl halides is 2. The summed E-state index contributed by atoms with van der Waals surface area (Å²) >= 11 is 10.7. The van der Waals surface area contributed by atoms with E-state index in [1.54, 1.807) is 6.07 Å². The molecule has 2 nitrogen and oxygen atoms in total. The zero-order valence-electron chi connectivity index (χ0n) is 6.30. The number of hydrogen-bond acceptors (Lipinski definition) is 1. The smallest absolute Gasteiger partial charge is 0.362 e. The van der Waals surface area contributed by atoms with E-state index >= 15 is 0 Å². The Hall–Kier alpha value is -0.800.